The van der Waals surface area contributed by atoms with Gasteiger partial charge in [-0.05, 0) is 83.3 Å². The highest BCUT2D eigenvalue weighted by Crippen LogP contribution is 2.30. The van der Waals surface area contributed by atoms with Crippen LogP contribution in [0.1, 0.15) is 34.7 Å². The first-order chi connectivity index (χ1) is 22.2. The van der Waals surface area contributed by atoms with Gasteiger partial charge < -0.3 is 0 Å². The second-order valence-corrected chi connectivity index (χ2v) is 10.2. The fraction of sp³-hybridized carbons (Fsp3) is 0.0227. The summed E-state index contributed by atoms with van der Waals surface area (Å²) in [5.41, 5.74) is 9.14. The molecule has 0 bridgehead atoms. The largest absolute Gasteiger partial charge is 0.298 e. The van der Waals surface area contributed by atoms with Crippen molar-refractivity contribution in [1.29, 1.82) is 0 Å². The van der Waals surface area contributed by atoms with Crippen LogP contribution in [-0.4, -0.2) is 6.29 Å². The lowest BCUT2D eigenvalue weighted by molar-refractivity contribution is -0.103. The van der Waals surface area contributed by atoms with Crippen molar-refractivity contribution in [2.75, 3.05) is 0 Å². The maximum absolute atomic E-state index is 12.6. The minimum absolute atomic E-state index is 0.617. The van der Waals surface area contributed by atoms with E-state index in [1.54, 1.807) is 0 Å². The predicted molar refractivity (Wildman–Crippen MR) is 189 cm³/mol. The molecule has 214 valence electrons. The molecule has 5 aromatic rings. The highest BCUT2D eigenvalue weighted by molar-refractivity contribution is 6.19. The summed E-state index contributed by atoms with van der Waals surface area (Å²) in [6.45, 7) is 1.97. The molecule has 45 heavy (non-hydrogen) atoms. The van der Waals surface area contributed by atoms with Gasteiger partial charge in [0.05, 0.1) is 0 Å². The van der Waals surface area contributed by atoms with Crippen molar-refractivity contribution in [2.45, 2.75) is 6.92 Å². The van der Waals surface area contributed by atoms with Gasteiger partial charge in [0, 0.05) is 27.8 Å². The summed E-state index contributed by atoms with van der Waals surface area (Å²) < 4.78 is 0. The van der Waals surface area contributed by atoms with E-state index in [0.29, 0.717) is 5.57 Å². The monoisotopic (exact) mass is 576 g/mol. The van der Waals surface area contributed by atoms with Gasteiger partial charge in [-0.2, -0.15) is 0 Å². The van der Waals surface area contributed by atoms with E-state index in [2.05, 4.69) is 47.9 Å². The van der Waals surface area contributed by atoms with Gasteiger partial charge in [-0.15, -0.1) is 0 Å². The maximum atomic E-state index is 12.6. The Balaban J connectivity index is 1.50. The normalized spacial score (nSPS) is 11.7. The Hall–Kier alpha value is -6.15. The first-order valence-electron chi connectivity index (χ1n) is 14.8. The van der Waals surface area contributed by atoms with E-state index >= 15 is 0 Å². The van der Waals surface area contributed by atoms with Crippen molar-refractivity contribution in [1.82, 2.24) is 0 Å². The second-order valence-electron chi connectivity index (χ2n) is 10.2. The van der Waals surface area contributed by atoms with Crippen LogP contribution in [-0.2, 0) is 4.79 Å². The Morgan fingerprint density at radius 3 is 1.73 bits per heavy atom. The molecule has 0 aliphatic heterocycles. The fourth-order valence-electron chi connectivity index (χ4n) is 4.76. The molecule has 0 saturated carbocycles. The molecule has 5 rings (SSSR count). The lowest BCUT2D eigenvalue weighted by Gasteiger charge is -2.11. The summed E-state index contributed by atoms with van der Waals surface area (Å²) in [5, 5.41) is 0. The average molecular weight is 577 g/mol. The van der Waals surface area contributed by atoms with Crippen LogP contribution in [0.25, 0.3) is 22.3 Å². The molecule has 0 radical (unpaired) electrons. The van der Waals surface area contributed by atoms with Gasteiger partial charge in [0.2, 0.25) is 0 Å². The standard InChI is InChI=1S/C44H32O/c1-2-14-35(25-26-36-15-6-3-7-16-36)19-12-24-43(44(34-45)40-20-10-5-11-21-40)42-23-13-22-41(33-42)39-31-29-38(30-32-39)28-27-37-17-8-4-9-18-37/h2-24,29-34H,1H3/b14-2-,24-12+,35-19+,44-43+. The van der Waals surface area contributed by atoms with Gasteiger partial charge in [0.25, 0.3) is 0 Å². The molecule has 0 unspecified atom stereocenters. The molecular formula is C44H32O. The van der Waals surface area contributed by atoms with Gasteiger partial charge in [-0.1, -0.05) is 145 Å². The molecule has 0 saturated heterocycles. The minimum atomic E-state index is 0.617. The van der Waals surface area contributed by atoms with E-state index in [1.165, 1.54) is 0 Å². The van der Waals surface area contributed by atoms with Crippen molar-refractivity contribution in [3.8, 4) is 34.8 Å². The molecule has 0 atom stereocenters. The molecule has 0 amide bonds. The Morgan fingerprint density at radius 2 is 1.11 bits per heavy atom. The van der Waals surface area contributed by atoms with Gasteiger partial charge in [-0.25, -0.2) is 0 Å². The maximum Gasteiger partial charge on any atom is 0.151 e. The van der Waals surface area contributed by atoms with Crippen LogP contribution in [0, 0.1) is 23.7 Å². The van der Waals surface area contributed by atoms with Gasteiger partial charge >= 0.3 is 0 Å². The zero-order valence-corrected chi connectivity index (χ0v) is 25.2. The number of hydrogen-bond donors (Lipinski definition) is 0. The zero-order chi connectivity index (χ0) is 31.1. The third kappa shape index (κ3) is 8.68. The van der Waals surface area contributed by atoms with Gasteiger partial charge in [-0.3, -0.25) is 4.79 Å². The number of carbonyl (C=O) groups is 1. The van der Waals surface area contributed by atoms with Crippen molar-refractivity contribution >= 4 is 17.4 Å². The van der Waals surface area contributed by atoms with Gasteiger partial charge in [0.15, 0.2) is 6.29 Å². The lowest BCUT2D eigenvalue weighted by Crippen LogP contribution is -1.93. The third-order valence-corrected chi connectivity index (χ3v) is 7.02. The molecule has 0 spiro atoms. The highest BCUT2D eigenvalue weighted by atomic mass is 16.1. The third-order valence-electron chi connectivity index (χ3n) is 7.02. The average Bonchev–Trinajstić information content (AvgIpc) is 3.11. The molecule has 5 aromatic carbocycles. The molecule has 1 nitrogen and oxygen atoms in total. The van der Waals surface area contributed by atoms with Crippen LogP contribution in [0.4, 0.5) is 0 Å². The van der Waals surface area contributed by atoms with Gasteiger partial charge in [0.1, 0.15) is 0 Å². The van der Waals surface area contributed by atoms with Crippen LogP contribution in [0.3, 0.4) is 0 Å². The van der Waals surface area contributed by atoms with Crippen molar-refractivity contribution in [3.05, 3.63) is 203 Å². The Labute approximate surface area is 266 Å². The summed E-state index contributed by atoms with van der Waals surface area (Å²) >= 11 is 0. The molecule has 0 fully saturated rings. The highest BCUT2D eigenvalue weighted by Gasteiger charge is 2.10. The van der Waals surface area contributed by atoms with E-state index in [-0.39, 0.29) is 0 Å². The molecule has 0 aliphatic carbocycles. The Morgan fingerprint density at radius 1 is 0.533 bits per heavy atom. The number of carbonyl (C=O) groups excluding carboxylic acids is 1. The molecule has 0 N–H and O–H groups in total. The van der Waals surface area contributed by atoms with Crippen LogP contribution in [0.5, 0.6) is 0 Å². The van der Waals surface area contributed by atoms with Crippen molar-refractivity contribution < 1.29 is 4.79 Å². The zero-order valence-electron chi connectivity index (χ0n) is 25.2. The smallest absolute Gasteiger partial charge is 0.151 e. The van der Waals surface area contributed by atoms with E-state index in [9.17, 15) is 4.79 Å². The van der Waals surface area contributed by atoms with Crippen LogP contribution < -0.4 is 0 Å². The predicted octanol–water partition coefficient (Wildman–Crippen LogP) is 9.97. The van der Waals surface area contributed by atoms with Crippen LogP contribution in [0.15, 0.2) is 175 Å². The van der Waals surface area contributed by atoms with Crippen LogP contribution in [0.2, 0.25) is 0 Å². The minimum Gasteiger partial charge on any atom is -0.298 e. The van der Waals surface area contributed by atoms with E-state index < -0.39 is 0 Å². The van der Waals surface area contributed by atoms with Crippen molar-refractivity contribution in [2.24, 2.45) is 0 Å². The van der Waals surface area contributed by atoms with E-state index in [4.69, 9.17) is 0 Å². The van der Waals surface area contributed by atoms with E-state index in [1.807, 2.05) is 153 Å². The quantitative estimate of drug-likeness (QED) is 0.0619. The molecule has 1 heteroatoms. The second kappa shape index (κ2) is 15.9. The fourth-order valence-corrected chi connectivity index (χ4v) is 4.76. The number of hydrogen-bond acceptors (Lipinski definition) is 1. The number of benzene rings is 5. The summed E-state index contributed by atoms with van der Waals surface area (Å²) in [5.74, 6) is 12.9. The first kappa shape index (κ1) is 30.3. The summed E-state index contributed by atoms with van der Waals surface area (Å²) in [6.07, 6.45) is 10.8. The topological polar surface area (TPSA) is 17.1 Å². The van der Waals surface area contributed by atoms with Crippen molar-refractivity contribution in [3.63, 3.8) is 0 Å². The SMILES string of the molecule is C\C=C/C(C#Cc1ccccc1)=C\C=C\C(=C(\C=O)c1ccccc1)c1cccc(-c2ccc(C#Cc3ccccc3)cc2)c1. The van der Waals surface area contributed by atoms with E-state index in [0.717, 1.165) is 56.4 Å². The molecule has 0 aromatic heterocycles. The number of rotatable bonds is 7. The lowest BCUT2D eigenvalue weighted by atomic mass is 9.92. The Kier molecular flexibility index (Phi) is 10.7. The number of allylic oxidation sites excluding steroid dienone is 8. The summed E-state index contributed by atoms with van der Waals surface area (Å²) in [6, 6.07) is 46.2. The Bertz CT molecular complexity index is 1980. The molecule has 0 heterocycles. The number of aldehydes is 1. The summed E-state index contributed by atoms with van der Waals surface area (Å²) in [4.78, 5) is 12.6. The summed E-state index contributed by atoms with van der Waals surface area (Å²) in [7, 11) is 0. The first-order valence-corrected chi connectivity index (χ1v) is 14.8. The molecule has 0 aliphatic rings. The van der Waals surface area contributed by atoms with Crippen LogP contribution >= 0.6 is 0 Å². The molecular weight excluding hydrogens is 544 g/mol.